The number of hydrogen-bond acceptors (Lipinski definition) is 4. The van der Waals surface area contributed by atoms with Crippen molar-refractivity contribution in [1.82, 2.24) is 14.9 Å². The lowest BCUT2D eigenvalue weighted by molar-refractivity contribution is -0.137. The summed E-state index contributed by atoms with van der Waals surface area (Å²) in [6.45, 7) is 4.23. The molecule has 1 aliphatic heterocycles. The van der Waals surface area contributed by atoms with Crippen molar-refractivity contribution in [3.63, 3.8) is 0 Å². The topological polar surface area (TPSA) is 61.4 Å². The standard InChI is InChI=1S/C13H18F3N3O2S.2ClH/c14-13(15,16)11-1-3-12(4-2-11)22(20,21)18-7-10-19-8-5-17-6-9-19;;/h1-4,17-18H,5-10H2;2*1H. The Morgan fingerprint density at radius 3 is 2.12 bits per heavy atom. The molecule has 1 aromatic rings. The first kappa shape index (κ1) is 23.4. The highest BCUT2D eigenvalue weighted by molar-refractivity contribution is 7.89. The van der Waals surface area contributed by atoms with Crippen LogP contribution in [0.2, 0.25) is 0 Å². The van der Waals surface area contributed by atoms with Gasteiger partial charge in [0.1, 0.15) is 0 Å². The molecule has 1 saturated heterocycles. The lowest BCUT2D eigenvalue weighted by Crippen LogP contribution is -2.46. The van der Waals surface area contributed by atoms with Crippen molar-refractivity contribution in [2.75, 3.05) is 39.3 Å². The summed E-state index contributed by atoms with van der Waals surface area (Å²) in [5, 5.41) is 3.19. The number of nitrogens with zero attached hydrogens (tertiary/aromatic N) is 1. The van der Waals surface area contributed by atoms with Crippen molar-refractivity contribution < 1.29 is 21.6 Å². The van der Waals surface area contributed by atoms with Crippen LogP contribution in [0.25, 0.3) is 0 Å². The number of nitrogens with one attached hydrogen (secondary N) is 2. The van der Waals surface area contributed by atoms with Crippen molar-refractivity contribution in [3.05, 3.63) is 29.8 Å². The van der Waals surface area contributed by atoms with E-state index in [1.807, 2.05) is 0 Å². The zero-order valence-electron chi connectivity index (χ0n) is 12.7. The van der Waals surface area contributed by atoms with Crippen LogP contribution in [0, 0.1) is 0 Å². The number of hydrogen-bond donors (Lipinski definition) is 2. The normalized spacial score (nSPS) is 16.1. The van der Waals surface area contributed by atoms with Crippen LogP contribution in [0.15, 0.2) is 29.2 Å². The second-order valence-electron chi connectivity index (χ2n) is 5.01. The van der Waals surface area contributed by atoms with Gasteiger partial charge in [-0.1, -0.05) is 0 Å². The van der Waals surface area contributed by atoms with Gasteiger partial charge in [-0.3, -0.25) is 4.90 Å². The molecule has 140 valence electrons. The number of alkyl halides is 3. The Labute approximate surface area is 151 Å². The SMILES string of the molecule is Cl.Cl.O=S(=O)(NCCN1CCNCC1)c1ccc(C(F)(F)F)cc1. The number of piperazine rings is 1. The predicted octanol–water partition coefficient (Wildman–Crippen LogP) is 1.73. The molecule has 0 unspecified atom stereocenters. The maximum Gasteiger partial charge on any atom is 0.416 e. The molecule has 1 fully saturated rings. The Morgan fingerprint density at radius 1 is 1.08 bits per heavy atom. The lowest BCUT2D eigenvalue weighted by Gasteiger charge is -2.27. The Morgan fingerprint density at radius 2 is 1.62 bits per heavy atom. The summed E-state index contributed by atoms with van der Waals surface area (Å²) in [5.74, 6) is 0. The van der Waals surface area contributed by atoms with Crippen molar-refractivity contribution in [2.24, 2.45) is 0 Å². The summed E-state index contributed by atoms with van der Waals surface area (Å²) in [5.41, 5.74) is -0.868. The van der Waals surface area contributed by atoms with Crippen molar-refractivity contribution in [1.29, 1.82) is 0 Å². The second kappa shape index (κ2) is 9.79. The van der Waals surface area contributed by atoms with Crippen LogP contribution in [-0.4, -0.2) is 52.6 Å². The van der Waals surface area contributed by atoms with E-state index < -0.39 is 21.8 Å². The summed E-state index contributed by atoms with van der Waals surface area (Å²) in [6, 6.07) is 3.47. The minimum absolute atomic E-state index is 0. The Hall–Kier alpha value is -0.580. The molecule has 1 aliphatic rings. The third-order valence-corrected chi connectivity index (χ3v) is 4.90. The molecule has 11 heteroatoms. The van der Waals surface area contributed by atoms with Gasteiger partial charge in [0.15, 0.2) is 0 Å². The highest BCUT2D eigenvalue weighted by atomic mass is 35.5. The van der Waals surface area contributed by atoms with E-state index in [-0.39, 0.29) is 36.3 Å². The molecule has 1 heterocycles. The van der Waals surface area contributed by atoms with Crippen LogP contribution in [0.3, 0.4) is 0 Å². The first-order valence-corrected chi connectivity index (χ1v) is 8.37. The summed E-state index contributed by atoms with van der Waals surface area (Å²) < 4.78 is 63.8. The van der Waals surface area contributed by atoms with Crippen molar-refractivity contribution >= 4 is 34.8 Å². The predicted molar refractivity (Wildman–Crippen MR) is 90.4 cm³/mol. The molecule has 5 nitrogen and oxygen atoms in total. The van der Waals surface area contributed by atoms with Crippen molar-refractivity contribution in [3.8, 4) is 0 Å². The minimum atomic E-state index is -4.47. The van der Waals surface area contributed by atoms with Crippen molar-refractivity contribution in [2.45, 2.75) is 11.1 Å². The third kappa shape index (κ3) is 6.73. The fourth-order valence-electron chi connectivity index (χ4n) is 2.18. The van der Waals surface area contributed by atoms with Gasteiger partial charge in [-0.15, -0.1) is 24.8 Å². The molecule has 0 bridgehead atoms. The first-order chi connectivity index (χ1) is 10.3. The largest absolute Gasteiger partial charge is 0.416 e. The van der Waals surface area contributed by atoms with Crippen LogP contribution in [0.1, 0.15) is 5.56 Å². The third-order valence-electron chi connectivity index (χ3n) is 3.42. The smallest absolute Gasteiger partial charge is 0.314 e. The number of rotatable bonds is 5. The highest BCUT2D eigenvalue weighted by Crippen LogP contribution is 2.29. The molecular formula is C13H20Cl2F3N3O2S. The summed E-state index contributed by atoms with van der Waals surface area (Å²) in [4.78, 5) is 1.95. The molecule has 0 atom stereocenters. The van der Waals surface area contributed by atoms with Gasteiger partial charge in [0.25, 0.3) is 0 Å². The van der Waals surface area contributed by atoms with Gasteiger partial charge < -0.3 is 5.32 Å². The van der Waals surface area contributed by atoms with Gasteiger partial charge >= 0.3 is 6.18 Å². The first-order valence-electron chi connectivity index (χ1n) is 6.89. The van der Waals surface area contributed by atoms with Gasteiger partial charge in [0.2, 0.25) is 10.0 Å². The van der Waals surface area contributed by atoms with Crippen LogP contribution in [-0.2, 0) is 16.2 Å². The average Bonchev–Trinajstić information content (AvgIpc) is 2.47. The molecule has 1 aromatic carbocycles. The number of sulfonamides is 1. The molecule has 0 spiro atoms. The van der Waals surface area contributed by atoms with E-state index in [0.29, 0.717) is 6.54 Å². The van der Waals surface area contributed by atoms with Gasteiger partial charge in [0.05, 0.1) is 10.5 Å². The molecule has 2 N–H and O–H groups in total. The second-order valence-corrected chi connectivity index (χ2v) is 6.78. The molecule has 0 aromatic heterocycles. The summed E-state index contributed by atoms with van der Waals surface area (Å²) in [6.07, 6.45) is -4.47. The molecule has 0 amide bonds. The quantitative estimate of drug-likeness (QED) is 0.777. The van der Waals surface area contributed by atoms with Gasteiger partial charge in [-0.05, 0) is 24.3 Å². The van der Waals surface area contributed by atoms with E-state index >= 15 is 0 Å². The molecule has 0 radical (unpaired) electrons. The molecule has 0 aliphatic carbocycles. The molecule has 0 saturated carbocycles. The Kier molecular flexibility index (Phi) is 9.55. The number of halogens is 5. The van der Waals surface area contributed by atoms with E-state index in [4.69, 9.17) is 0 Å². The van der Waals surface area contributed by atoms with Crippen LogP contribution >= 0.6 is 24.8 Å². The lowest BCUT2D eigenvalue weighted by atomic mass is 10.2. The minimum Gasteiger partial charge on any atom is -0.314 e. The monoisotopic (exact) mass is 409 g/mol. The van der Waals surface area contributed by atoms with E-state index in [9.17, 15) is 21.6 Å². The van der Waals surface area contributed by atoms with E-state index in [1.165, 1.54) is 0 Å². The number of benzene rings is 1. The van der Waals surface area contributed by atoms with Gasteiger partial charge in [0, 0.05) is 39.3 Å². The van der Waals surface area contributed by atoms with Crippen LogP contribution < -0.4 is 10.0 Å². The summed E-state index contributed by atoms with van der Waals surface area (Å²) in [7, 11) is -3.78. The van der Waals surface area contributed by atoms with E-state index in [1.54, 1.807) is 0 Å². The Balaban J connectivity index is 0.00000264. The fraction of sp³-hybridized carbons (Fsp3) is 0.538. The van der Waals surface area contributed by atoms with Gasteiger partial charge in [-0.2, -0.15) is 13.2 Å². The van der Waals surface area contributed by atoms with E-state index in [2.05, 4.69) is 14.9 Å². The highest BCUT2D eigenvalue weighted by Gasteiger charge is 2.30. The molecule has 24 heavy (non-hydrogen) atoms. The molecular weight excluding hydrogens is 390 g/mol. The maximum atomic E-state index is 12.4. The van der Waals surface area contributed by atoms with Crippen LogP contribution in [0.5, 0.6) is 0 Å². The zero-order valence-corrected chi connectivity index (χ0v) is 15.1. The maximum absolute atomic E-state index is 12.4. The summed E-state index contributed by atoms with van der Waals surface area (Å²) >= 11 is 0. The van der Waals surface area contributed by atoms with E-state index in [0.717, 1.165) is 50.4 Å². The Bertz CT molecular complexity index is 591. The van der Waals surface area contributed by atoms with Crippen LogP contribution in [0.4, 0.5) is 13.2 Å². The fourth-order valence-corrected chi connectivity index (χ4v) is 3.20. The average molecular weight is 410 g/mol. The zero-order chi connectivity index (χ0) is 16.2. The molecule has 2 rings (SSSR count). The van der Waals surface area contributed by atoms with Gasteiger partial charge in [-0.25, -0.2) is 13.1 Å².